The molecule has 1 atom stereocenters. The zero-order chi connectivity index (χ0) is 17.3. The lowest BCUT2D eigenvalue weighted by molar-refractivity contribution is -0.267. The van der Waals surface area contributed by atoms with Gasteiger partial charge in [0.25, 0.3) is 0 Å². The maximum absolute atomic E-state index is 13.4. The van der Waals surface area contributed by atoms with Crippen molar-refractivity contribution in [3.63, 3.8) is 0 Å². The van der Waals surface area contributed by atoms with E-state index in [1.54, 1.807) is 24.3 Å². The van der Waals surface area contributed by atoms with E-state index in [2.05, 4.69) is 10.3 Å². The van der Waals surface area contributed by atoms with Crippen LogP contribution in [0.3, 0.4) is 0 Å². The number of fused-ring (bicyclic) bond motifs is 1. The SMILES string of the molecule is CC(C)CNC(=O)C[C@@](O)(c1nc2ccccc2s1)C(F)(F)F. The molecule has 0 bridgehead atoms. The number of hydrogen-bond acceptors (Lipinski definition) is 4. The summed E-state index contributed by atoms with van der Waals surface area (Å²) in [4.78, 5) is 15.7. The first-order valence-electron chi connectivity index (χ1n) is 7.05. The highest BCUT2D eigenvalue weighted by atomic mass is 32.1. The molecule has 0 spiro atoms. The van der Waals surface area contributed by atoms with Crippen LogP contribution in [-0.4, -0.2) is 28.7 Å². The summed E-state index contributed by atoms with van der Waals surface area (Å²) in [5.41, 5.74) is -2.93. The highest BCUT2D eigenvalue weighted by Gasteiger charge is 2.58. The van der Waals surface area contributed by atoms with Crippen LogP contribution in [0.25, 0.3) is 10.2 Å². The molecule has 8 heteroatoms. The van der Waals surface area contributed by atoms with Gasteiger partial charge in [-0.15, -0.1) is 11.3 Å². The van der Waals surface area contributed by atoms with Gasteiger partial charge in [0.15, 0.2) is 0 Å². The predicted octanol–water partition coefficient (Wildman–Crippen LogP) is 3.21. The number of nitrogens with one attached hydrogen (secondary N) is 1. The molecule has 0 saturated heterocycles. The van der Waals surface area contributed by atoms with Crippen LogP contribution in [0.4, 0.5) is 13.2 Å². The molecule has 0 aliphatic carbocycles. The summed E-state index contributed by atoms with van der Waals surface area (Å²) < 4.78 is 40.8. The van der Waals surface area contributed by atoms with Gasteiger partial charge in [-0.25, -0.2) is 4.98 Å². The van der Waals surface area contributed by atoms with Crippen molar-refractivity contribution in [2.24, 2.45) is 5.92 Å². The Labute approximate surface area is 135 Å². The lowest BCUT2D eigenvalue weighted by atomic mass is 9.99. The first-order valence-corrected chi connectivity index (χ1v) is 7.87. The Morgan fingerprint density at radius 2 is 2.00 bits per heavy atom. The van der Waals surface area contributed by atoms with Gasteiger partial charge in [0.05, 0.1) is 16.6 Å². The van der Waals surface area contributed by atoms with Crippen LogP contribution < -0.4 is 5.32 Å². The molecule has 0 fully saturated rings. The van der Waals surface area contributed by atoms with Crippen LogP contribution in [0.15, 0.2) is 24.3 Å². The molecule has 23 heavy (non-hydrogen) atoms. The third kappa shape index (κ3) is 3.81. The monoisotopic (exact) mass is 346 g/mol. The van der Waals surface area contributed by atoms with E-state index in [-0.39, 0.29) is 12.5 Å². The number of amides is 1. The molecule has 2 rings (SSSR count). The lowest BCUT2D eigenvalue weighted by Gasteiger charge is -2.28. The average molecular weight is 346 g/mol. The molecule has 0 radical (unpaired) electrons. The van der Waals surface area contributed by atoms with Crippen LogP contribution in [0, 0.1) is 5.92 Å². The Kier molecular flexibility index (Phi) is 4.95. The predicted molar refractivity (Wildman–Crippen MR) is 82.0 cm³/mol. The van der Waals surface area contributed by atoms with E-state index in [0.29, 0.717) is 10.2 Å². The van der Waals surface area contributed by atoms with Crippen molar-refractivity contribution in [2.75, 3.05) is 6.54 Å². The summed E-state index contributed by atoms with van der Waals surface area (Å²) in [6.45, 7) is 3.89. The summed E-state index contributed by atoms with van der Waals surface area (Å²) in [5, 5.41) is 12.1. The highest BCUT2D eigenvalue weighted by molar-refractivity contribution is 7.18. The van der Waals surface area contributed by atoms with Crippen molar-refractivity contribution < 1.29 is 23.1 Å². The molecule has 1 aromatic heterocycles. The van der Waals surface area contributed by atoms with Gasteiger partial charge >= 0.3 is 6.18 Å². The average Bonchev–Trinajstić information content (AvgIpc) is 2.88. The molecule has 0 saturated carbocycles. The van der Waals surface area contributed by atoms with Gasteiger partial charge in [-0.1, -0.05) is 26.0 Å². The topological polar surface area (TPSA) is 62.2 Å². The fraction of sp³-hybridized carbons (Fsp3) is 0.467. The lowest BCUT2D eigenvalue weighted by Crippen LogP contribution is -2.46. The Hall–Kier alpha value is -1.67. The van der Waals surface area contributed by atoms with Gasteiger partial charge in [0.1, 0.15) is 5.01 Å². The first kappa shape index (κ1) is 17.7. The number of nitrogens with zero attached hydrogens (tertiary/aromatic N) is 1. The van der Waals surface area contributed by atoms with Crippen molar-refractivity contribution in [3.8, 4) is 0 Å². The quantitative estimate of drug-likeness (QED) is 0.874. The summed E-state index contributed by atoms with van der Waals surface area (Å²) in [6, 6.07) is 6.50. The van der Waals surface area contributed by atoms with E-state index < -0.39 is 29.1 Å². The second-order valence-corrected chi connectivity index (χ2v) is 6.75. The number of thiazole rings is 1. The number of carbonyl (C=O) groups excluding carboxylic acids is 1. The maximum Gasteiger partial charge on any atom is 0.424 e. The van der Waals surface area contributed by atoms with Crippen LogP contribution in [0.1, 0.15) is 25.3 Å². The van der Waals surface area contributed by atoms with Crippen molar-refractivity contribution in [3.05, 3.63) is 29.3 Å². The summed E-state index contributed by atoms with van der Waals surface area (Å²) >= 11 is 0.736. The fourth-order valence-corrected chi connectivity index (χ4v) is 3.03. The number of hydrogen-bond donors (Lipinski definition) is 2. The van der Waals surface area contributed by atoms with Crippen LogP contribution in [0.5, 0.6) is 0 Å². The summed E-state index contributed by atoms with van der Waals surface area (Å²) in [6.07, 6.45) is -6.11. The first-order chi connectivity index (χ1) is 10.6. The minimum atomic E-state index is -5.00. The zero-order valence-corrected chi connectivity index (χ0v) is 13.5. The fourth-order valence-electron chi connectivity index (χ4n) is 1.96. The second-order valence-electron chi connectivity index (χ2n) is 5.72. The number of aliphatic hydroxyl groups is 1. The molecule has 1 amide bonds. The molecule has 1 aromatic carbocycles. The molecule has 4 nitrogen and oxygen atoms in total. The van der Waals surface area contributed by atoms with E-state index in [0.717, 1.165) is 11.3 Å². The maximum atomic E-state index is 13.4. The van der Waals surface area contributed by atoms with E-state index >= 15 is 0 Å². The molecule has 0 unspecified atom stereocenters. The standard InChI is InChI=1S/C15H17F3N2O2S/c1-9(2)8-19-12(21)7-14(22,15(16,17)18)13-20-10-5-3-4-6-11(10)23-13/h3-6,9,22H,7-8H2,1-2H3,(H,19,21)/t14-/m1/s1. The molecule has 1 heterocycles. The number of halogens is 3. The molecular formula is C15H17F3N2O2S. The second kappa shape index (κ2) is 6.45. The number of benzene rings is 1. The molecular weight excluding hydrogens is 329 g/mol. The summed E-state index contributed by atoms with van der Waals surface area (Å²) in [5.74, 6) is -0.766. The summed E-state index contributed by atoms with van der Waals surface area (Å²) in [7, 11) is 0. The normalized spacial score (nSPS) is 14.9. The van der Waals surface area contributed by atoms with E-state index in [1.807, 2.05) is 13.8 Å². The molecule has 126 valence electrons. The molecule has 2 N–H and O–H groups in total. The van der Waals surface area contributed by atoms with Gasteiger partial charge in [-0.2, -0.15) is 13.2 Å². The Morgan fingerprint density at radius 3 is 2.57 bits per heavy atom. The van der Waals surface area contributed by atoms with Gasteiger partial charge in [-0.05, 0) is 18.1 Å². The number of carbonyl (C=O) groups is 1. The molecule has 0 aliphatic heterocycles. The third-order valence-electron chi connectivity index (χ3n) is 3.24. The number of rotatable bonds is 5. The molecule has 2 aromatic rings. The Bertz CT molecular complexity index is 666. The van der Waals surface area contributed by atoms with Crippen molar-refractivity contribution >= 4 is 27.5 Å². The van der Waals surface area contributed by atoms with E-state index in [9.17, 15) is 23.1 Å². The van der Waals surface area contributed by atoms with Crippen molar-refractivity contribution in [1.29, 1.82) is 0 Å². The number of para-hydroxylation sites is 1. The van der Waals surface area contributed by atoms with Crippen LogP contribution in [0.2, 0.25) is 0 Å². The Morgan fingerprint density at radius 1 is 1.35 bits per heavy atom. The molecule has 0 aliphatic rings. The van der Waals surface area contributed by atoms with Gasteiger partial charge in [0.2, 0.25) is 11.5 Å². The van der Waals surface area contributed by atoms with E-state index in [4.69, 9.17) is 0 Å². The minimum absolute atomic E-state index is 0.0976. The van der Waals surface area contributed by atoms with Crippen molar-refractivity contribution in [1.82, 2.24) is 10.3 Å². The third-order valence-corrected chi connectivity index (χ3v) is 4.43. The van der Waals surface area contributed by atoms with Crippen molar-refractivity contribution in [2.45, 2.75) is 32.0 Å². The van der Waals surface area contributed by atoms with Crippen LogP contribution in [-0.2, 0) is 10.4 Å². The van der Waals surface area contributed by atoms with Gasteiger partial charge in [-0.3, -0.25) is 4.79 Å². The highest BCUT2D eigenvalue weighted by Crippen LogP contribution is 2.44. The Balaban J connectivity index is 2.34. The largest absolute Gasteiger partial charge is 0.424 e. The minimum Gasteiger partial charge on any atom is -0.374 e. The zero-order valence-electron chi connectivity index (χ0n) is 12.6. The van der Waals surface area contributed by atoms with Gasteiger partial charge < -0.3 is 10.4 Å². The van der Waals surface area contributed by atoms with E-state index in [1.165, 1.54) is 0 Å². The number of alkyl halides is 3. The van der Waals surface area contributed by atoms with Crippen LogP contribution >= 0.6 is 11.3 Å². The number of aromatic nitrogens is 1. The van der Waals surface area contributed by atoms with Gasteiger partial charge in [0, 0.05) is 6.54 Å². The smallest absolute Gasteiger partial charge is 0.374 e.